The van der Waals surface area contributed by atoms with Crippen molar-refractivity contribution in [1.82, 2.24) is 4.90 Å². The lowest BCUT2D eigenvalue weighted by molar-refractivity contribution is -0.156. The van der Waals surface area contributed by atoms with Crippen molar-refractivity contribution in [2.24, 2.45) is 28.6 Å². The monoisotopic (exact) mass is 455 g/mol. The van der Waals surface area contributed by atoms with Crippen molar-refractivity contribution in [2.75, 3.05) is 13.3 Å². The molecular formula is C27H37NO3S. The molecule has 1 unspecified atom stereocenters. The Balaban J connectivity index is 1.41. The fourth-order valence-corrected chi connectivity index (χ4v) is 8.88. The molecule has 32 heavy (non-hydrogen) atoms. The number of piperidine rings is 1. The average Bonchev–Trinajstić information content (AvgIpc) is 3.07. The molecule has 1 amide bonds. The van der Waals surface area contributed by atoms with E-state index in [9.17, 15) is 13.2 Å². The minimum Gasteiger partial charge on any atom is -0.342 e. The number of fused-ring (bicyclic) bond motifs is 5. The van der Waals surface area contributed by atoms with Crippen LogP contribution in [0, 0.1) is 28.6 Å². The van der Waals surface area contributed by atoms with Gasteiger partial charge in [0, 0.05) is 25.8 Å². The molecule has 3 saturated carbocycles. The SMILES string of the molecule is CN1C(=O)CC[C@@]2(C)C1CC[C@@H]1[C@H]2CC[C@]2(C)C(=Cc3ccc(S(C)(=O)=O)cc3)CC[C@@H]12. The van der Waals surface area contributed by atoms with E-state index in [1.165, 1.54) is 31.9 Å². The van der Waals surface area contributed by atoms with E-state index in [4.69, 9.17) is 0 Å². The van der Waals surface area contributed by atoms with Gasteiger partial charge in [-0.2, -0.15) is 0 Å². The molecule has 0 aromatic heterocycles. The van der Waals surface area contributed by atoms with E-state index in [0.29, 0.717) is 23.3 Å². The zero-order valence-electron chi connectivity index (χ0n) is 19.9. The first kappa shape index (κ1) is 22.2. The highest BCUT2D eigenvalue weighted by Gasteiger charge is 2.60. The van der Waals surface area contributed by atoms with Gasteiger partial charge in [0.25, 0.3) is 0 Å². The summed E-state index contributed by atoms with van der Waals surface area (Å²) in [6, 6.07) is 7.78. The van der Waals surface area contributed by atoms with Crippen LogP contribution in [-0.2, 0) is 14.6 Å². The van der Waals surface area contributed by atoms with E-state index in [-0.39, 0.29) is 10.8 Å². The highest BCUT2D eigenvalue weighted by Crippen LogP contribution is 2.66. The molecule has 1 aromatic carbocycles. The van der Waals surface area contributed by atoms with Crippen molar-refractivity contribution in [2.45, 2.75) is 76.2 Å². The lowest BCUT2D eigenvalue weighted by Crippen LogP contribution is -2.61. The Kier molecular flexibility index (Phi) is 5.16. The summed E-state index contributed by atoms with van der Waals surface area (Å²) in [5.74, 6) is 2.54. The lowest BCUT2D eigenvalue weighted by Gasteiger charge is -2.61. The molecule has 3 aliphatic carbocycles. The van der Waals surface area contributed by atoms with Gasteiger partial charge >= 0.3 is 0 Å². The average molecular weight is 456 g/mol. The molecule has 4 nitrogen and oxygen atoms in total. The Morgan fingerprint density at radius 1 is 0.969 bits per heavy atom. The molecule has 1 saturated heterocycles. The summed E-state index contributed by atoms with van der Waals surface area (Å²) in [7, 11) is -1.13. The van der Waals surface area contributed by atoms with Crippen LogP contribution in [-0.4, -0.2) is 38.6 Å². The molecule has 174 valence electrons. The lowest BCUT2D eigenvalue weighted by atomic mass is 9.47. The molecule has 5 heteroatoms. The summed E-state index contributed by atoms with van der Waals surface area (Å²) in [6.45, 7) is 4.97. The number of benzene rings is 1. The van der Waals surface area contributed by atoms with E-state index in [1.54, 1.807) is 17.7 Å². The Morgan fingerprint density at radius 3 is 2.38 bits per heavy atom. The van der Waals surface area contributed by atoms with Crippen molar-refractivity contribution in [1.29, 1.82) is 0 Å². The van der Waals surface area contributed by atoms with E-state index in [2.05, 4.69) is 24.8 Å². The predicted octanol–water partition coefficient (Wildman–Crippen LogP) is 5.34. The van der Waals surface area contributed by atoms with Gasteiger partial charge in [-0.15, -0.1) is 0 Å². The van der Waals surface area contributed by atoms with Gasteiger partial charge in [-0.25, -0.2) is 8.42 Å². The van der Waals surface area contributed by atoms with Gasteiger partial charge in [0.15, 0.2) is 9.84 Å². The maximum Gasteiger partial charge on any atom is 0.222 e. The van der Waals surface area contributed by atoms with Crippen LogP contribution >= 0.6 is 0 Å². The van der Waals surface area contributed by atoms with Crippen LogP contribution in [0.15, 0.2) is 34.7 Å². The van der Waals surface area contributed by atoms with Crippen LogP contribution in [0.5, 0.6) is 0 Å². The Hall–Kier alpha value is -1.62. The van der Waals surface area contributed by atoms with Crippen molar-refractivity contribution in [3.05, 3.63) is 35.4 Å². The molecule has 1 aliphatic heterocycles. The zero-order valence-corrected chi connectivity index (χ0v) is 20.7. The van der Waals surface area contributed by atoms with Crippen molar-refractivity contribution in [3.8, 4) is 0 Å². The van der Waals surface area contributed by atoms with Crippen LogP contribution in [0.4, 0.5) is 0 Å². The standard InChI is InChI=1S/C27H37NO3S/c1-26-15-13-23-21(10-12-24-27(23,2)16-14-25(29)28(24)3)22(26)11-7-19(26)17-18-5-8-20(9-6-18)32(4,30)31/h5-6,8-9,17,21-24H,7,10-16H2,1-4H3/t21-,22-,23+,24?,26+,27+/m0/s1. The van der Waals surface area contributed by atoms with Gasteiger partial charge in [0.05, 0.1) is 4.90 Å². The number of hydrogen-bond donors (Lipinski definition) is 0. The van der Waals surface area contributed by atoms with Gasteiger partial charge in [-0.3, -0.25) is 4.79 Å². The number of amides is 1. The number of hydrogen-bond acceptors (Lipinski definition) is 3. The summed E-state index contributed by atoms with van der Waals surface area (Å²) >= 11 is 0. The molecule has 1 aromatic rings. The van der Waals surface area contributed by atoms with E-state index < -0.39 is 9.84 Å². The number of carbonyl (C=O) groups is 1. The Labute approximate surface area is 193 Å². The third-order valence-corrected chi connectivity index (χ3v) is 11.2. The number of likely N-dealkylation sites (tertiary alicyclic amines) is 1. The Morgan fingerprint density at radius 2 is 1.69 bits per heavy atom. The first-order valence-corrected chi connectivity index (χ1v) is 14.2. The number of nitrogens with zero attached hydrogens (tertiary/aromatic N) is 1. The van der Waals surface area contributed by atoms with Gasteiger partial charge in [0.1, 0.15) is 0 Å². The second-order valence-electron chi connectivity index (χ2n) is 11.5. The summed E-state index contributed by atoms with van der Waals surface area (Å²) in [5.41, 5.74) is 3.17. The quantitative estimate of drug-likeness (QED) is 0.605. The molecule has 0 radical (unpaired) electrons. The maximum atomic E-state index is 12.4. The van der Waals surface area contributed by atoms with E-state index in [1.807, 2.05) is 19.2 Å². The number of allylic oxidation sites excluding steroid dienone is 1. The summed E-state index contributed by atoms with van der Waals surface area (Å²) < 4.78 is 23.6. The number of carbonyl (C=O) groups excluding carboxylic acids is 1. The minimum atomic E-state index is -3.16. The molecule has 0 N–H and O–H groups in total. The van der Waals surface area contributed by atoms with Crippen molar-refractivity contribution in [3.63, 3.8) is 0 Å². The third-order valence-electron chi connectivity index (χ3n) is 10.1. The van der Waals surface area contributed by atoms with Crippen LogP contribution in [0.2, 0.25) is 0 Å². The Bertz CT molecular complexity index is 1060. The summed E-state index contributed by atoms with van der Waals surface area (Å²) in [4.78, 5) is 14.8. The van der Waals surface area contributed by atoms with Gasteiger partial charge in [-0.1, -0.05) is 37.6 Å². The second kappa shape index (κ2) is 7.44. The highest BCUT2D eigenvalue weighted by molar-refractivity contribution is 7.90. The molecule has 6 atom stereocenters. The molecule has 4 aliphatic rings. The molecule has 0 spiro atoms. The topological polar surface area (TPSA) is 54.5 Å². The highest BCUT2D eigenvalue weighted by atomic mass is 32.2. The summed E-state index contributed by atoms with van der Waals surface area (Å²) in [6.07, 6.45) is 12.7. The van der Waals surface area contributed by atoms with Crippen molar-refractivity contribution < 1.29 is 13.2 Å². The third kappa shape index (κ3) is 3.29. The first-order valence-electron chi connectivity index (χ1n) is 12.3. The van der Waals surface area contributed by atoms with Crippen LogP contribution in [0.25, 0.3) is 6.08 Å². The molecule has 0 bridgehead atoms. The zero-order chi connectivity index (χ0) is 22.9. The smallest absolute Gasteiger partial charge is 0.222 e. The van der Waals surface area contributed by atoms with E-state index in [0.717, 1.165) is 42.6 Å². The summed E-state index contributed by atoms with van der Waals surface area (Å²) in [5, 5.41) is 0. The van der Waals surface area contributed by atoms with E-state index >= 15 is 0 Å². The normalized spacial score (nSPS) is 40.7. The van der Waals surface area contributed by atoms with Gasteiger partial charge in [0.2, 0.25) is 5.91 Å². The second-order valence-corrected chi connectivity index (χ2v) is 13.5. The first-order chi connectivity index (χ1) is 15.0. The molecule has 1 heterocycles. The van der Waals surface area contributed by atoms with Gasteiger partial charge < -0.3 is 4.90 Å². The molecule has 4 fully saturated rings. The molecular weight excluding hydrogens is 418 g/mol. The maximum absolute atomic E-state index is 12.4. The fraction of sp³-hybridized carbons (Fsp3) is 0.667. The molecule has 5 rings (SSSR count). The number of rotatable bonds is 2. The van der Waals surface area contributed by atoms with Crippen LogP contribution in [0.1, 0.15) is 70.8 Å². The van der Waals surface area contributed by atoms with Crippen molar-refractivity contribution >= 4 is 21.8 Å². The van der Waals surface area contributed by atoms with Crippen LogP contribution < -0.4 is 0 Å². The predicted molar refractivity (Wildman–Crippen MR) is 128 cm³/mol. The number of sulfone groups is 1. The van der Waals surface area contributed by atoms with Crippen LogP contribution in [0.3, 0.4) is 0 Å². The largest absolute Gasteiger partial charge is 0.342 e. The fourth-order valence-electron chi connectivity index (χ4n) is 8.25. The van der Waals surface area contributed by atoms with Gasteiger partial charge in [-0.05, 0) is 91.2 Å². The minimum absolute atomic E-state index is 0.246.